The quantitative estimate of drug-likeness (QED) is 0.831. The summed E-state index contributed by atoms with van der Waals surface area (Å²) in [7, 11) is 1.50. The number of benzene rings is 1. The van der Waals surface area contributed by atoms with E-state index in [2.05, 4.69) is 5.32 Å². The lowest BCUT2D eigenvalue weighted by atomic mass is 10.0. The molecular formula is C13H17NO4. The van der Waals surface area contributed by atoms with Crippen LogP contribution in [0, 0.1) is 13.8 Å². The fourth-order valence-electron chi connectivity index (χ4n) is 1.51. The summed E-state index contributed by atoms with van der Waals surface area (Å²) >= 11 is 0. The first-order valence-electron chi connectivity index (χ1n) is 5.61. The Hall–Kier alpha value is -2.04. The standard InChI is InChI=1S/C13H17NO4/c1-8-6-10(11(18-3)7-9(8)2)13(17)14-5-4-12(15)16/h6-7H,4-5H2,1-3H3,(H,14,17)(H,15,16). The van der Waals surface area contributed by atoms with Crippen LogP contribution < -0.4 is 10.1 Å². The van der Waals surface area contributed by atoms with Crippen molar-refractivity contribution < 1.29 is 19.4 Å². The van der Waals surface area contributed by atoms with Gasteiger partial charge in [-0.2, -0.15) is 0 Å². The Morgan fingerprint density at radius 3 is 2.44 bits per heavy atom. The number of nitrogens with one attached hydrogen (secondary N) is 1. The van der Waals surface area contributed by atoms with E-state index in [0.717, 1.165) is 11.1 Å². The molecular weight excluding hydrogens is 234 g/mol. The molecule has 0 fully saturated rings. The Balaban J connectivity index is 2.84. The van der Waals surface area contributed by atoms with Gasteiger partial charge >= 0.3 is 5.97 Å². The van der Waals surface area contributed by atoms with Crippen molar-refractivity contribution >= 4 is 11.9 Å². The molecule has 0 atom stereocenters. The van der Waals surface area contributed by atoms with E-state index in [1.165, 1.54) is 7.11 Å². The van der Waals surface area contributed by atoms with E-state index in [1.807, 2.05) is 13.8 Å². The van der Waals surface area contributed by atoms with Crippen LogP contribution in [0.3, 0.4) is 0 Å². The predicted molar refractivity (Wildman–Crippen MR) is 67.1 cm³/mol. The van der Waals surface area contributed by atoms with E-state index < -0.39 is 5.97 Å². The Bertz CT molecular complexity index is 468. The number of hydrogen-bond donors (Lipinski definition) is 2. The maximum Gasteiger partial charge on any atom is 0.305 e. The smallest absolute Gasteiger partial charge is 0.305 e. The molecule has 0 aliphatic rings. The number of carboxylic acid groups (broad SMARTS) is 1. The van der Waals surface area contributed by atoms with Crippen molar-refractivity contribution in [1.82, 2.24) is 5.32 Å². The summed E-state index contributed by atoms with van der Waals surface area (Å²) in [5, 5.41) is 11.1. The van der Waals surface area contributed by atoms with Gasteiger partial charge in [0.15, 0.2) is 0 Å². The summed E-state index contributed by atoms with van der Waals surface area (Å²) < 4.78 is 5.15. The highest BCUT2D eigenvalue weighted by atomic mass is 16.5. The van der Waals surface area contributed by atoms with Crippen molar-refractivity contribution in [3.05, 3.63) is 28.8 Å². The van der Waals surface area contributed by atoms with Crippen molar-refractivity contribution in [2.45, 2.75) is 20.3 Å². The van der Waals surface area contributed by atoms with Gasteiger partial charge in [-0.15, -0.1) is 0 Å². The Labute approximate surface area is 106 Å². The van der Waals surface area contributed by atoms with Crippen LogP contribution in [0.4, 0.5) is 0 Å². The maximum atomic E-state index is 11.9. The van der Waals surface area contributed by atoms with Crippen LogP contribution in [0.5, 0.6) is 5.75 Å². The summed E-state index contributed by atoms with van der Waals surface area (Å²) in [5.41, 5.74) is 2.44. The number of rotatable bonds is 5. The molecule has 0 saturated carbocycles. The summed E-state index contributed by atoms with van der Waals surface area (Å²) in [4.78, 5) is 22.2. The third kappa shape index (κ3) is 3.48. The van der Waals surface area contributed by atoms with Crippen LogP contribution in [-0.4, -0.2) is 30.6 Å². The second-order valence-electron chi connectivity index (χ2n) is 4.04. The van der Waals surface area contributed by atoms with E-state index in [-0.39, 0.29) is 18.9 Å². The number of methoxy groups -OCH3 is 1. The zero-order chi connectivity index (χ0) is 13.7. The van der Waals surface area contributed by atoms with Crippen LogP contribution in [0.1, 0.15) is 27.9 Å². The number of carbonyl (C=O) groups is 2. The van der Waals surface area contributed by atoms with Crippen LogP contribution in [0.15, 0.2) is 12.1 Å². The topological polar surface area (TPSA) is 75.6 Å². The molecule has 0 radical (unpaired) electrons. The molecule has 2 N–H and O–H groups in total. The van der Waals surface area contributed by atoms with Gasteiger partial charge in [0.25, 0.3) is 5.91 Å². The molecule has 1 rings (SSSR count). The molecule has 5 nitrogen and oxygen atoms in total. The number of aliphatic carboxylic acids is 1. The van der Waals surface area contributed by atoms with Crippen LogP contribution in [0.25, 0.3) is 0 Å². The first-order chi connectivity index (χ1) is 8.45. The molecule has 1 aromatic carbocycles. The lowest BCUT2D eigenvalue weighted by Gasteiger charge is -2.11. The Kier molecular flexibility index (Phi) is 4.71. The number of ether oxygens (including phenoxy) is 1. The molecule has 0 aliphatic carbocycles. The van der Waals surface area contributed by atoms with Gasteiger partial charge in [0.2, 0.25) is 0 Å². The van der Waals surface area contributed by atoms with Gasteiger partial charge < -0.3 is 15.2 Å². The van der Waals surface area contributed by atoms with Gasteiger partial charge in [0, 0.05) is 6.54 Å². The minimum atomic E-state index is -0.942. The number of carbonyl (C=O) groups excluding carboxylic acids is 1. The fourth-order valence-corrected chi connectivity index (χ4v) is 1.51. The molecule has 0 aromatic heterocycles. The third-order valence-electron chi connectivity index (χ3n) is 2.68. The average Bonchev–Trinajstić information content (AvgIpc) is 2.31. The van der Waals surface area contributed by atoms with Gasteiger partial charge in [-0.05, 0) is 37.1 Å². The fraction of sp³-hybridized carbons (Fsp3) is 0.385. The highest BCUT2D eigenvalue weighted by Crippen LogP contribution is 2.22. The van der Waals surface area contributed by atoms with Crippen molar-refractivity contribution in [3.8, 4) is 5.75 Å². The zero-order valence-electron chi connectivity index (χ0n) is 10.7. The molecule has 0 spiro atoms. The molecule has 0 heterocycles. The molecule has 98 valence electrons. The predicted octanol–water partition coefficient (Wildman–Crippen LogP) is 1.52. The molecule has 1 amide bonds. The SMILES string of the molecule is COc1cc(C)c(C)cc1C(=O)NCCC(=O)O. The third-order valence-corrected chi connectivity index (χ3v) is 2.68. The van der Waals surface area contributed by atoms with Crippen molar-refractivity contribution in [1.29, 1.82) is 0 Å². The molecule has 18 heavy (non-hydrogen) atoms. The van der Waals surface area contributed by atoms with Gasteiger partial charge in [0.05, 0.1) is 19.1 Å². The molecule has 5 heteroatoms. The highest BCUT2D eigenvalue weighted by molar-refractivity contribution is 5.97. The van der Waals surface area contributed by atoms with Gasteiger partial charge in [0.1, 0.15) is 5.75 Å². The van der Waals surface area contributed by atoms with Crippen molar-refractivity contribution in [2.24, 2.45) is 0 Å². The van der Waals surface area contributed by atoms with Crippen molar-refractivity contribution in [2.75, 3.05) is 13.7 Å². The number of aryl methyl sites for hydroxylation is 2. The molecule has 0 saturated heterocycles. The molecule has 0 aliphatic heterocycles. The number of hydrogen-bond acceptors (Lipinski definition) is 3. The number of amides is 1. The average molecular weight is 251 g/mol. The van der Waals surface area contributed by atoms with E-state index in [4.69, 9.17) is 9.84 Å². The summed E-state index contributed by atoms with van der Waals surface area (Å²) in [5.74, 6) is -0.774. The lowest BCUT2D eigenvalue weighted by molar-refractivity contribution is -0.136. The zero-order valence-corrected chi connectivity index (χ0v) is 10.7. The minimum absolute atomic E-state index is 0.0983. The Morgan fingerprint density at radius 2 is 1.89 bits per heavy atom. The van der Waals surface area contributed by atoms with E-state index in [9.17, 15) is 9.59 Å². The first-order valence-corrected chi connectivity index (χ1v) is 5.61. The van der Waals surface area contributed by atoms with Crippen LogP contribution >= 0.6 is 0 Å². The van der Waals surface area contributed by atoms with Gasteiger partial charge in [-0.3, -0.25) is 9.59 Å². The molecule has 1 aromatic rings. The highest BCUT2D eigenvalue weighted by Gasteiger charge is 2.13. The van der Waals surface area contributed by atoms with Gasteiger partial charge in [-0.25, -0.2) is 0 Å². The normalized spacial score (nSPS) is 9.94. The van der Waals surface area contributed by atoms with Gasteiger partial charge in [-0.1, -0.05) is 0 Å². The second-order valence-corrected chi connectivity index (χ2v) is 4.04. The lowest BCUT2D eigenvalue weighted by Crippen LogP contribution is -2.26. The summed E-state index contributed by atoms with van der Waals surface area (Å²) in [6.07, 6.45) is -0.0983. The minimum Gasteiger partial charge on any atom is -0.496 e. The van der Waals surface area contributed by atoms with E-state index in [1.54, 1.807) is 12.1 Å². The molecule has 0 bridgehead atoms. The maximum absolute atomic E-state index is 11.9. The first kappa shape index (κ1) is 14.0. The summed E-state index contributed by atoms with van der Waals surface area (Å²) in [6, 6.07) is 3.53. The summed E-state index contributed by atoms with van der Waals surface area (Å²) in [6.45, 7) is 3.94. The number of carboxylic acids is 1. The van der Waals surface area contributed by atoms with E-state index >= 15 is 0 Å². The van der Waals surface area contributed by atoms with Crippen LogP contribution in [0.2, 0.25) is 0 Å². The van der Waals surface area contributed by atoms with Crippen LogP contribution in [-0.2, 0) is 4.79 Å². The Morgan fingerprint density at radius 1 is 1.28 bits per heavy atom. The van der Waals surface area contributed by atoms with Crippen molar-refractivity contribution in [3.63, 3.8) is 0 Å². The molecule has 0 unspecified atom stereocenters. The largest absolute Gasteiger partial charge is 0.496 e. The monoisotopic (exact) mass is 251 g/mol. The van der Waals surface area contributed by atoms with E-state index in [0.29, 0.717) is 11.3 Å². The second kappa shape index (κ2) is 6.05.